The third-order valence-electron chi connectivity index (χ3n) is 3.79. The first kappa shape index (κ1) is 12.8. The Balaban J connectivity index is 1.80. The standard InChI is InChI=1S/C15H19N3S/c1-11-5-7-19-15(11)10-18-6-3-4-14(18)13-9-16-8-12(2)17-13/h5,7-9,14H,3-4,6,10H2,1-2H3. The Morgan fingerprint density at radius 3 is 3.00 bits per heavy atom. The maximum Gasteiger partial charge on any atom is 0.0761 e. The second-order valence-electron chi connectivity index (χ2n) is 5.24. The molecule has 0 amide bonds. The summed E-state index contributed by atoms with van der Waals surface area (Å²) < 4.78 is 0. The minimum absolute atomic E-state index is 0.439. The third-order valence-corrected chi connectivity index (χ3v) is 4.80. The van der Waals surface area contributed by atoms with Gasteiger partial charge in [-0.3, -0.25) is 14.9 Å². The summed E-state index contributed by atoms with van der Waals surface area (Å²) in [6, 6.07) is 2.64. The lowest BCUT2D eigenvalue weighted by Crippen LogP contribution is -2.23. The second kappa shape index (κ2) is 5.39. The molecule has 1 aliphatic rings. The summed E-state index contributed by atoms with van der Waals surface area (Å²) in [7, 11) is 0. The van der Waals surface area contributed by atoms with Crippen molar-refractivity contribution in [3.05, 3.63) is 45.7 Å². The van der Waals surface area contributed by atoms with Gasteiger partial charge in [-0.05, 0) is 50.2 Å². The average Bonchev–Trinajstić information content (AvgIpc) is 3.00. The first-order chi connectivity index (χ1) is 9.24. The Morgan fingerprint density at radius 2 is 2.26 bits per heavy atom. The van der Waals surface area contributed by atoms with Crippen LogP contribution in [0.25, 0.3) is 0 Å². The van der Waals surface area contributed by atoms with Crippen molar-refractivity contribution in [2.24, 2.45) is 0 Å². The Hall–Kier alpha value is -1.26. The SMILES string of the molecule is Cc1cncc(C2CCCN2Cc2sccc2C)n1. The lowest BCUT2D eigenvalue weighted by molar-refractivity contribution is 0.245. The highest BCUT2D eigenvalue weighted by Crippen LogP contribution is 2.33. The molecule has 3 rings (SSSR count). The number of hydrogen-bond donors (Lipinski definition) is 0. The molecule has 3 heterocycles. The first-order valence-electron chi connectivity index (χ1n) is 6.79. The zero-order chi connectivity index (χ0) is 13.2. The molecule has 0 bridgehead atoms. The average molecular weight is 273 g/mol. The molecular weight excluding hydrogens is 254 g/mol. The van der Waals surface area contributed by atoms with E-state index in [0.717, 1.165) is 24.5 Å². The number of thiophene rings is 1. The first-order valence-corrected chi connectivity index (χ1v) is 7.67. The van der Waals surface area contributed by atoms with Crippen molar-refractivity contribution in [3.63, 3.8) is 0 Å². The number of likely N-dealkylation sites (tertiary alicyclic amines) is 1. The van der Waals surface area contributed by atoms with Crippen molar-refractivity contribution in [2.75, 3.05) is 6.54 Å². The molecule has 19 heavy (non-hydrogen) atoms. The molecular formula is C15H19N3S. The van der Waals surface area contributed by atoms with E-state index in [-0.39, 0.29) is 0 Å². The third kappa shape index (κ3) is 2.69. The predicted octanol–water partition coefficient (Wildman–Crippen LogP) is 3.49. The van der Waals surface area contributed by atoms with Gasteiger partial charge in [0.15, 0.2) is 0 Å². The molecule has 1 saturated heterocycles. The van der Waals surface area contributed by atoms with Gasteiger partial charge in [0.25, 0.3) is 0 Å². The van der Waals surface area contributed by atoms with Gasteiger partial charge in [-0.2, -0.15) is 0 Å². The fourth-order valence-corrected chi connectivity index (χ4v) is 3.68. The maximum absolute atomic E-state index is 4.66. The van der Waals surface area contributed by atoms with Crippen molar-refractivity contribution in [3.8, 4) is 0 Å². The Kier molecular flexibility index (Phi) is 3.62. The molecule has 100 valence electrons. The van der Waals surface area contributed by atoms with E-state index in [1.165, 1.54) is 23.3 Å². The van der Waals surface area contributed by atoms with Gasteiger partial charge in [0, 0.05) is 23.8 Å². The number of hydrogen-bond acceptors (Lipinski definition) is 4. The number of aromatic nitrogens is 2. The van der Waals surface area contributed by atoms with Crippen LogP contribution >= 0.6 is 11.3 Å². The largest absolute Gasteiger partial charge is 0.290 e. The maximum atomic E-state index is 4.66. The van der Waals surface area contributed by atoms with Crippen LogP contribution in [-0.4, -0.2) is 21.4 Å². The number of rotatable bonds is 3. The van der Waals surface area contributed by atoms with Gasteiger partial charge in [0.05, 0.1) is 17.4 Å². The van der Waals surface area contributed by atoms with Crippen LogP contribution in [0, 0.1) is 13.8 Å². The molecule has 3 nitrogen and oxygen atoms in total. The van der Waals surface area contributed by atoms with E-state index < -0.39 is 0 Å². The molecule has 0 radical (unpaired) electrons. The molecule has 1 fully saturated rings. The van der Waals surface area contributed by atoms with E-state index in [1.807, 2.05) is 30.7 Å². The van der Waals surface area contributed by atoms with Gasteiger partial charge in [-0.15, -0.1) is 11.3 Å². The summed E-state index contributed by atoms with van der Waals surface area (Å²) in [5.41, 5.74) is 3.55. The van der Waals surface area contributed by atoms with Crippen molar-refractivity contribution < 1.29 is 0 Å². The zero-order valence-electron chi connectivity index (χ0n) is 11.5. The van der Waals surface area contributed by atoms with Crippen LogP contribution in [0.2, 0.25) is 0 Å². The zero-order valence-corrected chi connectivity index (χ0v) is 12.3. The van der Waals surface area contributed by atoms with E-state index >= 15 is 0 Å². The minimum atomic E-state index is 0.439. The molecule has 2 aromatic heterocycles. The van der Waals surface area contributed by atoms with E-state index in [9.17, 15) is 0 Å². The summed E-state index contributed by atoms with van der Waals surface area (Å²) in [6.07, 6.45) is 6.21. The normalized spacial score (nSPS) is 20.0. The molecule has 1 unspecified atom stereocenters. The number of aryl methyl sites for hydroxylation is 2. The lowest BCUT2D eigenvalue weighted by Gasteiger charge is -2.23. The topological polar surface area (TPSA) is 29.0 Å². The van der Waals surface area contributed by atoms with Crippen molar-refractivity contribution >= 4 is 11.3 Å². The molecule has 0 aromatic carbocycles. The van der Waals surface area contributed by atoms with Gasteiger partial charge >= 0.3 is 0 Å². The molecule has 2 aromatic rings. The van der Waals surface area contributed by atoms with Gasteiger partial charge < -0.3 is 0 Å². The van der Waals surface area contributed by atoms with E-state index in [0.29, 0.717) is 6.04 Å². The van der Waals surface area contributed by atoms with Crippen LogP contribution in [0.15, 0.2) is 23.8 Å². The monoisotopic (exact) mass is 273 g/mol. The summed E-state index contributed by atoms with van der Waals surface area (Å²) in [6.45, 7) is 6.42. The summed E-state index contributed by atoms with van der Waals surface area (Å²) >= 11 is 1.86. The summed E-state index contributed by atoms with van der Waals surface area (Å²) in [5, 5.41) is 2.18. The molecule has 0 spiro atoms. The molecule has 0 N–H and O–H groups in total. The van der Waals surface area contributed by atoms with Crippen LogP contribution in [0.5, 0.6) is 0 Å². The summed E-state index contributed by atoms with van der Waals surface area (Å²) in [5.74, 6) is 0. The molecule has 0 aliphatic carbocycles. The highest BCUT2D eigenvalue weighted by atomic mass is 32.1. The van der Waals surface area contributed by atoms with E-state index in [2.05, 4.69) is 33.2 Å². The fourth-order valence-electron chi connectivity index (χ4n) is 2.74. The van der Waals surface area contributed by atoms with Crippen LogP contribution in [0.1, 0.15) is 40.7 Å². The molecule has 0 saturated carbocycles. The van der Waals surface area contributed by atoms with E-state index in [1.54, 1.807) is 0 Å². The lowest BCUT2D eigenvalue weighted by atomic mass is 10.1. The van der Waals surface area contributed by atoms with Crippen LogP contribution in [-0.2, 0) is 6.54 Å². The Bertz CT molecular complexity index is 564. The predicted molar refractivity (Wildman–Crippen MR) is 78.2 cm³/mol. The second-order valence-corrected chi connectivity index (χ2v) is 6.24. The van der Waals surface area contributed by atoms with Crippen LogP contribution in [0.3, 0.4) is 0 Å². The van der Waals surface area contributed by atoms with Crippen LogP contribution in [0.4, 0.5) is 0 Å². The molecule has 1 atom stereocenters. The Labute approximate surface area is 118 Å². The smallest absolute Gasteiger partial charge is 0.0761 e. The quantitative estimate of drug-likeness (QED) is 0.857. The van der Waals surface area contributed by atoms with Gasteiger partial charge in [0.2, 0.25) is 0 Å². The minimum Gasteiger partial charge on any atom is -0.290 e. The number of nitrogens with zero attached hydrogens (tertiary/aromatic N) is 3. The summed E-state index contributed by atoms with van der Waals surface area (Å²) in [4.78, 5) is 13.0. The van der Waals surface area contributed by atoms with Gasteiger partial charge in [-0.1, -0.05) is 0 Å². The Morgan fingerprint density at radius 1 is 1.37 bits per heavy atom. The molecule has 4 heteroatoms. The molecule has 1 aliphatic heterocycles. The fraction of sp³-hybridized carbons (Fsp3) is 0.467. The highest BCUT2D eigenvalue weighted by molar-refractivity contribution is 7.10. The van der Waals surface area contributed by atoms with Crippen molar-refractivity contribution in [1.29, 1.82) is 0 Å². The highest BCUT2D eigenvalue weighted by Gasteiger charge is 2.27. The van der Waals surface area contributed by atoms with Crippen LogP contribution < -0.4 is 0 Å². The van der Waals surface area contributed by atoms with E-state index in [4.69, 9.17) is 0 Å². The van der Waals surface area contributed by atoms with Crippen molar-refractivity contribution in [2.45, 2.75) is 39.3 Å². The van der Waals surface area contributed by atoms with Gasteiger partial charge in [-0.25, -0.2) is 0 Å². The van der Waals surface area contributed by atoms with Crippen molar-refractivity contribution in [1.82, 2.24) is 14.9 Å². The van der Waals surface area contributed by atoms with Gasteiger partial charge in [0.1, 0.15) is 0 Å².